The molecule has 0 aliphatic carbocycles. The summed E-state index contributed by atoms with van der Waals surface area (Å²) >= 11 is 29.9. The fourth-order valence-corrected chi connectivity index (χ4v) is 2.99. The molecule has 20 heavy (non-hydrogen) atoms. The summed E-state index contributed by atoms with van der Waals surface area (Å²) in [6.07, 6.45) is 0. The first-order valence-electron chi connectivity index (χ1n) is 5.27. The number of hydrogen-bond donors (Lipinski definition) is 0. The molecule has 106 valence electrons. The van der Waals surface area contributed by atoms with Crippen LogP contribution in [0.1, 0.15) is 0 Å². The van der Waals surface area contributed by atoms with Crippen molar-refractivity contribution in [2.24, 2.45) is 0 Å². The van der Waals surface area contributed by atoms with E-state index in [4.69, 9.17) is 67.5 Å². The molecule has 0 fully saturated rings. The largest absolute Gasteiger partial charge is 0.491 e. The second kappa shape index (κ2) is 6.50. The summed E-state index contributed by atoms with van der Waals surface area (Å²) in [7, 11) is 1.47. The van der Waals surface area contributed by atoms with E-state index in [2.05, 4.69) is 0 Å². The molecule has 0 unspecified atom stereocenters. The lowest BCUT2D eigenvalue weighted by Gasteiger charge is -2.14. The molecule has 0 N–H and O–H groups in total. The minimum absolute atomic E-state index is 0.245. The van der Waals surface area contributed by atoms with Crippen LogP contribution in [0.5, 0.6) is 17.2 Å². The molecule has 0 spiro atoms. The topological polar surface area (TPSA) is 18.5 Å². The highest BCUT2D eigenvalue weighted by Crippen LogP contribution is 2.44. The Morgan fingerprint density at radius 1 is 0.700 bits per heavy atom. The van der Waals surface area contributed by atoms with E-state index in [0.717, 1.165) is 0 Å². The van der Waals surface area contributed by atoms with Crippen molar-refractivity contribution in [3.05, 3.63) is 49.4 Å². The summed E-state index contributed by atoms with van der Waals surface area (Å²) in [5.74, 6) is 0.878. The van der Waals surface area contributed by atoms with Crippen molar-refractivity contribution in [2.45, 2.75) is 0 Å². The van der Waals surface area contributed by atoms with Crippen LogP contribution < -0.4 is 9.47 Å². The molecule has 2 rings (SSSR count). The Balaban J connectivity index is 2.50. The zero-order valence-electron chi connectivity index (χ0n) is 10.0. The van der Waals surface area contributed by atoms with Crippen LogP contribution >= 0.6 is 58.0 Å². The fourth-order valence-electron chi connectivity index (χ4n) is 1.55. The van der Waals surface area contributed by atoms with Crippen molar-refractivity contribution in [3.8, 4) is 17.2 Å². The fraction of sp³-hybridized carbons (Fsp3) is 0.0769. The van der Waals surface area contributed by atoms with Gasteiger partial charge in [0.1, 0.15) is 0 Å². The predicted octanol–water partition coefficient (Wildman–Crippen LogP) is 6.75. The lowest BCUT2D eigenvalue weighted by molar-refractivity contribution is 0.379. The van der Waals surface area contributed by atoms with Crippen molar-refractivity contribution >= 4 is 58.0 Å². The number of methoxy groups -OCH3 is 1. The Hall–Kier alpha value is -0.510. The highest BCUT2D eigenvalue weighted by molar-refractivity contribution is 6.40. The smallest absolute Gasteiger partial charge is 0.180 e. The van der Waals surface area contributed by atoms with Gasteiger partial charge in [0.05, 0.1) is 22.2 Å². The van der Waals surface area contributed by atoms with Crippen molar-refractivity contribution in [2.75, 3.05) is 7.11 Å². The maximum absolute atomic E-state index is 6.06. The summed E-state index contributed by atoms with van der Waals surface area (Å²) in [6, 6.07) is 6.12. The minimum atomic E-state index is 0.245. The zero-order chi connectivity index (χ0) is 14.9. The molecule has 2 aromatic carbocycles. The van der Waals surface area contributed by atoms with Crippen LogP contribution in [0.4, 0.5) is 0 Å². The highest BCUT2D eigenvalue weighted by Gasteiger charge is 2.16. The van der Waals surface area contributed by atoms with Gasteiger partial charge in [0.15, 0.2) is 17.2 Å². The summed E-state index contributed by atoms with van der Waals surface area (Å²) in [4.78, 5) is 0. The molecule has 0 bridgehead atoms. The molecule has 0 aliphatic heterocycles. The van der Waals surface area contributed by atoms with Crippen LogP contribution in [0.3, 0.4) is 0 Å². The number of ether oxygens (including phenoxy) is 2. The van der Waals surface area contributed by atoms with Gasteiger partial charge in [-0.2, -0.15) is 0 Å². The maximum Gasteiger partial charge on any atom is 0.180 e. The van der Waals surface area contributed by atoms with Crippen LogP contribution in [0, 0.1) is 0 Å². The molecule has 7 heteroatoms. The van der Waals surface area contributed by atoms with Gasteiger partial charge in [-0.05, 0) is 18.2 Å². The molecular weight excluding hydrogens is 365 g/mol. The van der Waals surface area contributed by atoms with E-state index in [9.17, 15) is 0 Å². The quantitative estimate of drug-likeness (QED) is 0.593. The normalized spacial score (nSPS) is 10.5. The summed E-state index contributed by atoms with van der Waals surface area (Å²) in [5.41, 5.74) is 0. The second-order valence-corrected chi connectivity index (χ2v) is 5.81. The van der Waals surface area contributed by atoms with Gasteiger partial charge in [-0.15, -0.1) is 0 Å². The van der Waals surface area contributed by atoms with E-state index in [0.29, 0.717) is 26.6 Å². The molecular formula is C13H7Cl5O2. The van der Waals surface area contributed by atoms with E-state index in [1.165, 1.54) is 19.2 Å². The second-order valence-electron chi connectivity index (χ2n) is 3.72. The van der Waals surface area contributed by atoms with Crippen LogP contribution in [0.15, 0.2) is 24.3 Å². The molecule has 2 nitrogen and oxygen atoms in total. The maximum atomic E-state index is 6.06. The minimum Gasteiger partial charge on any atom is -0.491 e. The number of halogens is 5. The lowest BCUT2D eigenvalue weighted by atomic mass is 10.3. The van der Waals surface area contributed by atoms with Gasteiger partial charge in [-0.3, -0.25) is 0 Å². The Morgan fingerprint density at radius 3 is 1.65 bits per heavy atom. The summed E-state index contributed by atoms with van der Waals surface area (Å²) in [6.45, 7) is 0. The molecule has 0 saturated heterocycles. The molecule has 0 heterocycles. The van der Waals surface area contributed by atoms with Gasteiger partial charge >= 0.3 is 0 Å². The molecule has 0 amide bonds. The van der Waals surface area contributed by atoms with Gasteiger partial charge < -0.3 is 9.47 Å². The molecule has 0 atom stereocenters. The average molecular weight is 372 g/mol. The number of hydrogen-bond acceptors (Lipinski definition) is 2. The third kappa shape index (κ3) is 3.38. The van der Waals surface area contributed by atoms with Crippen LogP contribution in [-0.4, -0.2) is 7.11 Å². The Bertz CT molecular complexity index is 634. The van der Waals surface area contributed by atoms with E-state index in [-0.39, 0.29) is 15.8 Å². The van der Waals surface area contributed by atoms with E-state index < -0.39 is 0 Å². The van der Waals surface area contributed by atoms with Crippen molar-refractivity contribution < 1.29 is 9.47 Å². The number of benzene rings is 2. The molecule has 0 saturated carbocycles. The highest BCUT2D eigenvalue weighted by atomic mass is 35.5. The summed E-state index contributed by atoms with van der Waals surface area (Å²) in [5, 5.41) is 1.65. The van der Waals surface area contributed by atoms with Gasteiger partial charge in [0, 0.05) is 16.1 Å². The SMILES string of the molecule is COc1c(Cl)cc(Cl)cc1Oc1c(Cl)cc(Cl)cc1Cl. The first kappa shape index (κ1) is 15.9. The van der Waals surface area contributed by atoms with Crippen LogP contribution in [0.2, 0.25) is 25.1 Å². The first-order valence-corrected chi connectivity index (χ1v) is 7.16. The molecule has 0 aromatic heterocycles. The molecule has 0 radical (unpaired) electrons. The lowest BCUT2D eigenvalue weighted by Crippen LogP contribution is -1.93. The zero-order valence-corrected chi connectivity index (χ0v) is 13.8. The Morgan fingerprint density at radius 2 is 1.15 bits per heavy atom. The van der Waals surface area contributed by atoms with Gasteiger partial charge in [-0.25, -0.2) is 0 Å². The van der Waals surface area contributed by atoms with Crippen molar-refractivity contribution in [3.63, 3.8) is 0 Å². The standard InChI is InChI=1S/C13H7Cl5O2/c1-19-13-10(18)4-7(15)5-11(13)20-12-8(16)2-6(14)3-9(12)17/h2-5H,1H3. The average Bonchev–Trinajstić information content (AvgIpc) is 2.33. The van der Waals surface area contributed by atoms with E-state index in [1.54, 1.807) is 12.1 Å². The van der Waals surface area contributed by atoms with Gasteiger partial charge in [0.2, 0.25) is 0 Å². The van der Waals surface area contributed by atoms with Crippen molar-refractivity contribution in [1.82, 2.24) is 0 Å². The van der Waals surface area contributed by atoms with Crippen LogP contribution in [0.25, 0.3) is 0 Å². The van der Waals surface area contributed by atoms with Crippen LogP contribution in [-0.2, 0) is 0 Å². The Kier molecular flexibility index (Phi) is 5.16. The first-order chi connectivity index (χ1) is 9.42. The third-order valence-electron chi connectivity index (χ3n) is 2.35. The van der Waals surface area contributed by atoms with Gasteiger partial charge in [-0.1, -0.05) is 58.0 Å². The molecule has 2 aromatic rings. The molecule has 0 aliphatic rings. The third-order valence-corrected chi connectivity index (χ3v) is 3.63. The van der Waals surface area contributed by atoms with Gasteiger partial charge in [0.25, 0.3) is 0 Å². The number of rotatable bonds is 3. The Labute approximate surface area is 141 Å². The monoisotopic (exact) mass is 370 g/mol. The predicted molar refractivity (Wildman–Crippen MR) is 84.6 cm³/mol. The van der Waals surface area contributed by atoms with Crippen molar-refractivity contribution in [1.29, 1.82) is 0 Å². The van der Waals surface area contributed by atoms with E-state index >= 15 is 0 Å². The van der Waals surface area contributed by atoms with E-state index in [1.807, 2.05) is 0 Å². The summed E-state index contributed by atoms with van der Waals surface area (Å²) < 4.78 is 10.8.